The Hall–Kier alpha value is -0.780. The molecule has 2 N–H and O–H groups in total. The Morgan fingerprint density at radius 3 is 2.82 bits per heavy atom. The van der Waals surface area contributed by atoms with Gasteiger partial charge in [-0.3, -0.25) is 0 Å². The van der Waals surface area contributed by atoms with Gasteiger partial charge in [0.15, 0.2) is 0 Å². The second kappa shape index (κ2) is 3.56. The average Bonchev–Trinajstić information content (AvgIpc) is 2.31. The quantitative estimate of drug-likeness (QED) is 0.582. The summed E-state index contributed by atoms with van der Waals surface area (Å²) in [5.41, 5.74) is 6.59. The van der Waals surface area contributed by atoms with Crippen molar-refractivity contribution in [1.82, 2.24) is 0 Å². The molecule has 0 spiro atoms. The minimum atomic E-state index is -0.0331. The van der Waals surface area contributed by atoms with E-state index < -0.39 is 0 Å². The first-order valence-corrected chi connectivity index (χ1v) is 4.39. The van der Waals surface area contributed by atoms with Crippen molar-refractivity contribution in [3.63, 3.8) is 0 Å². The molecular weight excluding hydrogens is 154 g/mol. The first-order chi connectivity index (χ1) is 5.20. The zero-order valence-electron chi connectivity index (χ0n) is 6.72. The van der Waals surface area contributed by atoms with Crippen LogP contribution in [0, 0.1) is 18.8 Å². The van der Waals surface area contributed by atoms with E-state index in [1.165, 1.54) is 4.88 Å². The van der Waals surface area contributed by atoms with Crippen LogP contribution in [0.1, 0.15) is 17.4 Å². The van der Waals surface area contributed by atoms with Crippen LogP contribution in [0.4, 0.5) is 0 Å². The molecule has 0 aliphatic carbocycles. The fraction of sp³-hybridized carbons (Fsp3) is 0.333. The second-order valence-corrected chi connectivity index (χ2v) is 3.57. The van der Waals surface area contributed by atoms with Gasteiger partial charge in [-0.15, -0.1) is 11.3 Å². The molecule has 0 radical (unpaired) electrons. The highest BCUT2D eigenvalue weighted by atomic mass is 32.1. The van der Waals surface area contributed by atoms with Gasteiger partial charge in [-0.25, -0.2) is 0 Å². The largest absolute Gasteiger partial charge is 0.318 e. The molecule has 0 fully saturated rings. The molecule has 0 saturated heterocycles. The second-order valence-electron chi connectivity index (χ2n) is 2.45. The highest BCUT2D eigenvalue weighted by molar-refractivity contribution is 7.10. The van der Waals surface area contributed by atoms with Gasteiger partial charge < -0.3 is 5.73 Å². The molecule has 1 rings (SSSR count). The van der Waals surface area contributed by atoms with E-state index in [9.17, 15) is 0 Å². The predicted octanol–water partition coefficient (Wildman–Crippen LogP) is 1.76. The number of aryl methyl sites for hydroxylation is 1. The number of hydrogen-bond donors (Lipinski definition) is 1. The molecule has 1 unspecified atom stereocenters. The molecule has 1 aromatic heterocycles. The Balaban J connectivity index is 2.81. The van der Waals surface area contributed by atoms with Gasteiger partial charge in [0.25, 0.3) is 0 Å². The van der Waals surface area contributed by atoms with Gasteiger partial charge in [0.1, 0.15) is 0 Å². The number of thiophene rings is 1. The van der Waals surface area contributed by atoms with E-state index in [0.717, 1.165) is 5.56 Å². The van der Waals surface area contributed by atoms with Gasteiger partial charge >= 0.3 is 0 Å². The summed E-state index contributed by atoms with van der Waals surface area (Å²) >= 11 is 1.71. The molecule has 1 nitrogen and oxygen atoms in total. The molecule has 0 aliphatic rings. The summed E-state index contributed by atoms with van der Waals surface area (Å²) in [5, 5.41) is 2.04. The van der Waals surface area contributed by atoms with Crippen LogP contribution < -0.4 is 5.73 Å². The predicted molar refractivity (Wildman–Crippen MR) is 49.6 cm³/mol. The molecule has 58 valence electrons. The van der Waals surface area contributed by atoms with Crippen molar-refractivity contribution in [3.8, 4) is 11.8 Å². The summed E-state index contributed by atoms with van der Waals surface area (Å²) in [7, 11) is 0. The number of nitrogens with two attached hydrogens (primary N) is 1. The third kappa shape index (κ3) is 2.38. The zero-order valence-corrected chi connectivity index (χ0v) is 7.53. The van der Waals surface area contributed by atoms with Crippen LogP contribution >= 0.6 is 11.3 Å². The van der Waals surface area contributed by atoms with E-state index in [0.29, 0.717) is 0 Å². The first kappa shape index (κ1) is 8.32. The monoisotopic (exact) mass is 165 g/mol. The van der Waals surface area contributed by atoms with E-state index in [1.54, 1.807) is 11.3 Å². The summed E-state index contributed by atoms with van der Waals surface area (Å²) in [6.07, 6.45) is 0. The van der Waals surface area contributed by atoms with Gasteiger partial charge in [0.2, 0.25) is 0 Å². The van der Waals surface area contributed by atoms with E-state index in [2.05, 4.69) is 18.8 Å². The van der Waals surface area contributed by atoms with E-state index in [4.69, 9.17) is 5.73 Å². The Labute approximate surface area is 71.2 Å². The van der Waals surface area contributed by atoms with Crippen molar-refractivity contribution in [2.75, 3.05) is 0 Å². The smallest absolute Gasteiger partial charge is 0.0639 e. The average molecular weight is 165 g/mol. The third-order valence-electron chi connectivity index (χ3n) is 1.29. The molecule has 1 aromatic rings. The van der Waals surface area contributed by atoms with Crippen LogP contribution in [-0.2, 0) is 0 Å². The lowest BCUT2D eigenvalue weighted by atomic mass is 10.2. The molecular formula is C9H11NS. The van der Waals surface area contributed by atoms with Crippen molar-refractivity contribution in [2.24, 2.45) is 5.73 Å². The Bertz CT molecular complexity index is 288. The van der Waals surface area contributed by atoms with Gasteiger partial charge in [-0.2, -0.15) is 0 Å². The summed E-state index contributed by atoms with van der Waals surface area (Å²) in [6, 6.07) is 1.99. The molecule has 0 aromatic carbocycles. The van der Waals surface area contributed by atoms with Crippen LogP contribution in [0.25, 0.3) is 0 Å². The molecule has 0 amide bonds. The lowest BCUT2D eigenvalue weighted by Crippen LogP contribution is -2.10. The van der Waals surface area contributed by atoms with Gasteiger partial charge in [0.05, 0.1) is 6.04 Å². The molecule has 2 heteroatoms. The molecule has 0 bridgehead atoms. The standard InChI is InChI=1S/C9H11NS/c1-7(10)3-4-9-5-6-11-8(9)2/h5-7H,10H2,1-2H3. The summed E-state index contributed by atoms with van der Waals surface area (Å²) in [6.45, 7) is 3.95. The van der Waals surface area contributed by atoms with Crippen LogP contribution in [0.3, 0.4) is 0 Å². The maximum Gasteiger partial charge on any atom is 0.0639 e. The Morgan fingerprint density at radius 2 is 2.36 bits per heavy atom. The van der Waals surface area contributed by atoms with E-state index >= 15 is 0 Å². The third-order valence-corrected chi connectivity index (χ3v) is 2.14. The maximum atomic E-state index is 5.49. The maximum absolute atomic E-state index is 5.49. The fourth-order valence-electron chi connectivity index (χ4n) is 0.706. The van der Waals surface area contributed by atoms with E-state index in [-0.39, 0.29) is 6.04 Å². The van der Waals surface area contributed by atoms with Crippen molar-refractivity contribution in [3.05, 3.63) is 21.9 Å². The van der Waals surface area contributed by atoms with Gasteiger partial charge in [-0.05, 0) is 25.3 Å². The summed E-state index contributed by atoms with van der Waals surface area (Å²) < 4.78 is 0. The Morgan fingerprint density at radius 1 is 1.64 bits per heavy atom. The summed E-state index contributed by atoms with van der Waals surface area (Å²) in [5.74, 6) is 5.95. The Kier molecular flexibility index (Phi) is 2.70. The van der Waals surface area contributed by atoms with Crippen molar-refractivity contribution < 1.29 is 0 Å². The highest BCUT2D eigenvalue weighted by Gasteiger charge is 1.93. The van der Waals surface area contributed by atoms with Crippen LogP contribution in [0.2, 0.25) is 0 Å². The van der Waals surface area contributed by atoms with Crippen LogP contribution in [-0.4, -0.2) is 6.04 Å². The first-order valence-electron chi connectivity index (χ1n) is 3.51. The molecule has 1 heterocycles. The number of hydrogen-bond acceptors (Lipinski definition) is 2. The molecule has 11 heavy (non-hydrogen) atoms. The van der Waals surface area contributed by atoms with Crippen LogP contribution in [0.15, 0.2) is 11.4 Å². The van der Waals surface area contributed by atoms with Crippen molar-refractivity contribution in [2.45, 2.75) is 19.9 Å². The molecule has 0 aliphatic heterocycles. The minimum Gasteiger partial charge on any atom is -0.318 e. The normalized spacial score (nSPS) is 11.9. The molecule has 1 atom stereocenters. The minimum absolute atomic E-state index is 0.0331. The van der Waals surface area contributed by atoms with Gasteiger partial charge in [-0.1, -0.05) is 11.8 Å². The number of rotatable bonds is 0. The SMILES string of the molecule is Cc1sccc1C#CC(C)N. The molecule has 0 saturated carbocycles. The van der Waals surface area contributed by atoms with E-state index in [1.807, 2.05) is 18.4 Å². The fourth-order valence-corrected chi connectivity index (χ4v) is 1.36. The zero-order chi connectivity index (χ0) is 8.27. The topological polar surface area (TPSA) is 26.0 Å². The lowest BCUT2D eigenvalue weighted by Gasteiger charge is -1.88. The van der Waals surface area contributed by atoms with Crippen molar-refractivity contribution >= 4 is 11.3 Å². The summed E-state index contributed by atoms with van der Waals surface area (Å²) in [4.78, 5) is 1.26. The van der Waals surface area contributed by atoms with Gasteiger partial charge in [0, 0.05) is 10.4 Å². The highest BCUT2D eigenvalue weighted by Crippen LogP contribution is 2.12. The van der Waals surface area contributed by atoms with Crippen LogP contribution in [0.5, 0.6) is 0 Å². The lowest BCUT2D eigenvalue weighted by molar-refractivity contribution is 0.959. The van der Waals surface area contributed by atoms with Crippen molar-refractivity contribution in [1.29, 1.82) is 0 Å².